The number of anilines is 1. The fourth-order valence-corrected chi connectivity index (χ4v) is 2.48. The normalized spacial score (nSPS) is 10.7. The van der Waals surface area contributed by atoms with Gasteiger partial charge in [-0.25, -0.2) is 4.39 Å². The first-order valence-corrected chi connectivity index (χ1v) is 7.86. The number of amides is 1. The lowest BCUT2D eigenvalue weighted by Crippen LogP contribution is -2.09. The lowest BCUT2D eigenvalue weighted by Gasteiger charge is -2.06. The number of hydrogen-bond donors (Lipinski definition) is 1. The predicted molar refractivity (Wildman–Crippen MR) is 92.5 cm³/mol. The highest BCUT2D eigenvalue weighted by atomic mass is 79.9. The van der Waals surface area contributed by atoms with Crippen LogP contribution in [-0.4, -0.2) is 13.0 Å². The second-order valence-electron chi connectivity index (χ2n) is 4.33. The molecule has 0 heterocycles. The lowest BCUT2D eigenvalue weighted by atomic mass is 10.2. The summed E-state index contributed by atoms with van der Waals surface area (Å²) in [6.07, 6.45) is 2.93. The number of methoxy groups -OCH3 is 1. The topological polar surface area (TPSA) is 38.3 Å². The van der Waals surface area contributed by atoms with E-state index in [0.29, 0.717) is 10.2 Å². The minimum absolute atomic E-state index is 0.124. The molecule has 0 saturated heterocycles. The molecule has 0 unspecified atom stereocenters. The second kappa shape index (κ2) is 7.56. The maximum atomic E-state index is 13.7. The molecule has 0 radical (unpaired) electrons. The Bertz CT molecular complexity index is 732. The molecule has 1 N–H and O–H groups in total. The largest absolute Gasteiger partial charge is 0.496 e. The Morgan fingerprint density at radius 2 is 1.86 bits per heavy atom. The summed E-state index contributed by atoms with van der Waals surface area (Å²) in [5.74, 6) is -0.290. The van der Waals surface area contributed by atoms with Crippen molar-refractivity contribution in [2.45, 2.75) is 0 Å². The molecule has 114 valence electrons. The Balaban J connectivity index is 2.13. The van der Waals surface area contributed by atoms with Crippen molar-refractivity contribution in [2.75, 3.05) is 12.4 Å². The number of carbonyl (C=O) groups excluding carboxylic acids is 1. The summed E-state index contributed by atoms with van der Waals surface area (Å²) in [4.78, 5) is 11.9. The summed E-state index contributed by atoms with van der Waals surface area (Å²) in [7, 11) is 1.55. The molecule has 0 aliphatic carbocycles. The van der Waals surface area contributed by atoms with Crippen LogP contribution in [0.25, 0.3) is 6.08 Å². The van der Waals surface area contributed by atoms with Gasteiger partial charge in [-0.2, -0.15) is 0 Å². The molecule has 0 aromatic heterocycles. The monoisotopic (exact) mass is 427 g/mol. The molecule has 6 heteroatoms. The van der Waals surface area contributed by atoms with Gasteiger partial charge in [-0.05, 0) is 42.5 Å². The molecule has 0 aliphatic heterocycles. The molecule has 0 atom stereocenters. The molecule has 0 saturated carbocycles. The summed E-state index contributed by atoms with van der Waals surface area (Å²) in [5, 5.41) is 2.49. The van der Waals surface area contributed by atoms with E-state index in [0.717, 1.165) is 10.0 Å². The smallest absolute Gasteiger partial charge is 0.248 e. The molecular weight excluding hydrogens is 417 g/mol. The fraction of sp³-hybridized carbons (Fsp3) is 0.0625. The van der Waals surface area contributed by atoms with E-state index >= 15 is 0 Å². The summed E-state index contributed by atoms with van der Waals surface area (Å²) < 4.78 is 20.3. The molecule has 0 fully saturated rings. The Kier molecular flexibility index (Phi) is 5.74. The van der Waals surface area contributed by atoms with Gasteiger partial charge in [0.25, 0.3) is 0 Å². The van der Waals surface area contributed by atoms with Crippen LogP contribution in [0, 0.1) is 5.82 Å². The maximum absolute atomic E-state index is 13.7. The number of rotatable bonds is 4. The summed E-state index contributed by atoms with van der Waals surface area (Å²) in [6, 6.07) is 9.88. The molecule has 2 rings (SSSR count). The van der Waals surface area contributed by atoms with Crippen LogP contribution in [0.5, 0.6) is 5.75 Å². The standard InChI is InChI=1S/C16H12Br2FNO2/c1-22-15-6-4-11(17)8-10(15)2-7-16(21)20-14-5-3-12(18)9-13(14)19/h2-9H,1H3,(H,20,21). The van der Waals surface area contributed by atoms with Crippen LogP contribution in [0.1, 0.15) is 5.56 Å². The zero-order chi connectivity index (χ0) is 16.1. The Labute approximate surface area is 144 Å². The third-order valence-electron chi connectivity index (χ3n) is 2.80. The van der Waals surface area contributed by atoms with Crippen LogP contribution in [0.4, 0.5) is 10.1 Å². The van der Waals surface area contributed by atoms with Crippen LogP contribution in [0.15, 0.2) is 51.4 Å². The van der Waals surface area contributed by atoms with E-state index < -0.39 is 11.7 Å². The van der Waals surface area contributed by atoms with E-state index in [1.807, 2.05) is 12.1 Å². The van der Waals surface area contributed by atoms with Gasteiger partial charge in [-0.3, -0.25) is 4.79 Å². The molecular formula is C16H12Br2FNO2. The van der Waals surface area contributed by atoms with Crippen LogP contribution < -0.4 is 10.1 Å². The van der Waals surface area contributed by atoms with Crippen LogP contribution >= 0.6 is 31.9 Å². The highest BCUT2D eigenvalue weighted by Crippen LogP contribution is 2.24. The van der Waals surface area contributed by atoms with Crippen molar-refractivity contribution < 1.29 is 13.9 Å². The zero-order valence-electron chi connectivity index (χ0n) is 11.6. The van der Waals surface area contributed by atoms with Gasteiger partial charge < -0.3 is 10.1 Å². The minimum Gasteiger partial charge on any atom is -0.496 e. The van der Waals surface area contributed by atoms with Gasteiger partial charge in [-0.15, -0.1) is 0 Å². The molecule has 1 amide bonds. The third-order valence-corrected chi connectivity index (χ3v) is 3.78. The van der Waals surface area contributed by atoms with Gasteiger partial charge in [0.05, 0.1) is 12.8 Å². The van der Waals surface area contributed by atoms with Gasteiger partial charge in [0.1, 0.15) is 11.6 Å². The molecule has 0 bridgehead atoms. The molecule has 2 aromatic rings. The minimum atomic E-state index is -0.504. The fourth-order valence-electron chi connectivity index (χ4n) is 1.77. The predicted octanol–water partition coefficient (Wildman–Crippen LogP) is 5.01. The third kappa shape index (κ3) is 4.42. The van der Waals surface area contributed by atoms with Gasteiger partial charge in [0.15, 0.2) is 0 Å². The molecule has 3 nitrogen and oxygen atoms in total. The Morgan fingerprint density at radius 1 is 1.18 bits per heavy atom. The van der Waals surface area contributed by atoms with Crippen molar-refractivity contribution in [3.05, 3.63) is 62.8 Å². The van der Waals surface area contributed by atoms with Crippen molar-refractivity contribution in [3.63, 3.8) is 0 Å². The summed E-state index contributed by atoms with van der Waals surface area (Å²) in [6.45, 7) is 0. The molecule has 0 spiro atoms. The van der Waals surface area contributed by atoms with E-state index in [1.54, 1.807) is 25.3 Å². The second-order valence-corrected chi connectivity index (χ2v) is 6.16. The van der Waals surface area contributed by atoms with Crippen LogP contribution in [-0.2, 0) is 4.79 Å². The summed E-state index contributed by atoms with van der Waals surface area (Å²) >= 11 is 6.52. The number of hydrogen-bond acceptors (Lipinski definition) is 2. The average molecular weight is 429 g/mol. The highest BCUT2D eigenvalue weighted by Gasteiger charge is 2.06. The first-order chi connectivity index (χ1) is 10.5. The highest BCUT2D eigenvalue weighted by molar-refractivity contribution is 9.10. The lowest BCUT2D eigenvalue weighted by molar-refractivity contribution is -0.111. The maximum Gasteiger partial charge on any atom is 0.248 e. The van der Waals surface area contributed by atoms with Gasteiger partial charge >= 0.3 is 0 Å². The molecule has 2 aromatic carbocycles. The van der Waals surface area contributed by atoms with E-state index in [-0.39, 0.29) is 5.69 Å². The van der Waals surface area contributed by atoms with Crippen molar-refractivity contribution in [2.24, 2.45) is 0 Å². The van der Waals surface area contributed by atoms with Gasteiger partial charge in [0, 0.05) is 20.6 Å². The van der Waals surface area contributed by atoms with Crippen molar-refractivity contribution >= 4 is 49.5 Å². The Hall–Kier alpha value is -1.66. The number of benzene rings is 2. The Morgan fingerprint density at radius 3 is 2.55 bits per heavy atom. The first-order valence-electron chi connectivity index (χ1n) is 6.27. The summed E-state index contributed by atoms with van der Waals surface area (Å²) in [5.41, 5.74) is 0.863. The van der Waals surface area contributed by atoms with Crippen LogP contribution in [0.3, 0.4) is 0 Å². The van der Waals surface area contributed by atoms with Crippen LogP contribution in [0.2, 0.25) is 0 Å². The zero-order valence-corrected chi connectivity index (χ0v) is 14.7. The first kappa shape index (κ1) is 16.7. The van der Waals surface area contributed by atoms with E-state index in [2.05, 4.69) is 37.2 Å². The quantitative estimate of drug-likeness (QED) is 0.695. The number of carbonyl (C=O) groups is 1. The van der Waals surface area contributed by atoms with E-state index in [1.165, 1.54) is 18.2 Å². The number of nitrogens with one attached hydrogen (secondary N) is 1. The van der Waals surface area contributed by atoms with Crippen molar-refractivity contribution in [3.8, 4) is 5.75 Å². The van der Waals surface area contributed by atoms with Gasteiger partial charge in [-0.1, -0.05) is 31.9 Å². The van der Waals surface area contributed by atoms with Gasteiger partial charge in [0.2, 0.25) is 5.91 Å². The number of halogens is 3. The SMILES string of the molecule is COc1ccc(Br)cc1C=CC(=O)Nc1ccc(Br)cc1F. The average Bonchev–Trinajstić information content (AvgIpc) is 2.48. The van der Waals surface area contributed by atoms with E-state index in [4.69, 9.17) is 4.74 Å². The van der Waals surface area contributed by atoms with Crippen molar-refractivity contribution in [1.82, 2.24) is 0 Å². The molecule has 22 heavy (non-hydrogen) atoms. The van der Waals surface area contributed by atoms with Crippen molar-refractivity contribution in [1.29, 1.82) is 0 Å². The van der Waals surface area contributed by atoms with E-state index in [9.17, 15) is 9.18 Å². The number of ether oxygens (including phenoxy) is 1. The molecule has 0 aliphatic rings.